The largest absolute Gasteiger partial charge is 0.371 e. The molecular formula is C15H22N2. The quantitative estimate of drug-likeness (QED) is 0.731. The van der Waals surface area contributed by atoms with Gasteiger partial charge >= 0.3 is 0 Å². The van der Waals surface area contributed by atoms with Gasteiger partial charge in [0.2, 0.25) is 0 Å². The maximum Gasteiger partial charge on any atom is 0.0395 e. The first kappa shape index (κ1) is 11.1. The van der Waals surface area contributed by atoms with Gasteiger partial charge in [0.05, 0.1) is 0 Å². The first-order valence-electron chi connectivity index (χ1n) is 6.68. The van der Waals surface area contributed by atoms with Crippen LogP contribution in [-0.4, -0.2) is 38.1 Å². The molecule has 2 heterocycles. The highest BCUT2D eigenvalue weighted by Gasteiger charge is 2.43. The number of likely N-dealkylation sites (tertiary alicyclic amines) is 1. The van der Waals surface area contributed by atoms with Crippen LogP contribution in [0, 0.1) is 12.3 Å². The summed E-state index contributed by atoms with van der Waals surface area (Å²) in [7, 11) is 2.24. The predicted molar refractivity (Wildman–Crippen MR) is 72.6 cm³/mol. The molecule has 0 N–H and O–H groups in total. The van der Waals surface area contributed by atoms with Gasteiger partial charge in [0, 0.05) is 31.9 Å². The highest BCUT2D eigenvalue weighted by Crippen LogP contribution is 2.40. The highest BCUT2D eigenvalue weighted by atomic mass is 15.2. The summed E-state index contributed by atoms with van der Waals surface area (Å²) in [5.74, 6) is 0. The Balaban J connectivity index is 1.68. The van der Waals surface area contributed by atoms with E-state index in [-0.39, 0.29) is 0 Å². The molecule has 0 atom stereocenters. The van der Waals surface area contributed by atoms with E-state index in [9.17, 15) is 0 Å². The molecule has 0 unspecified atom stereocenters. The Hall–Kier alpha value is -1.02. The molecule has 2 aliphatic heterocycles. The molecule has 2 heteroatoms. The molecule has 0 aliphatic carbocycles. The van der Waals surface area contributed by atoms with E-state index >= 15 is 0 Å². The lowest BCUT2D eigenvalue weighted by atomic mass is 9.72. The van der Waals surface area contributed by atoms with Crippen molar-refractivity contribution in [2.24, 2.45) is 5.41 Å². The van der Waals surface area contributed by atoms with Crippen LogP contribution in [0.5, 0.6) is 0 Å². The number of hydrogen-bond donors (Lipinski definition) is 0. The Bertz CT molecular complexity index is 397. The van der Waals surface area contributed by atoms with Gasteiger partial charge in [-0.15, -0.1) is 0 Å². The van der Waals surface area contributed by atoms with Gasteiger partial charge in [-0.3, -0.25) is 0 Å². The minimum atomic E-state index is 0.661. The van der Waals surface area contributed by atoms with Crippen molar-refractivity contribution >= 4 is 5.69 Å². The van der Waals surface area contributed by atoms with E-state index in [1.165, 1.54) is 50.3 Å². The molecular weight excluding hydrogens is 208 g/mol. The summed E-state index contributed by atoms with van der Waals surface area (Å²) in [6, 6.07) is 8.77. The molecule has 1 aromatic carbocycles. The van der Waals surface area contributed by atoms with E-state index in [4.69, 9.17) is 0 Å². The van der Waals surface area contributed by atoms with Gasteiger partial charge in [0.1, 0.15) is 0 Å². The maximum absolute atomic E-state index is 2.57. The number of para-hydroxylation sites is 1. The number of nitrogens with zero attached hydrogens (tertiary/aromatic N) is 2. The SMILES string of the molecule is Cc1ccccc1N1CCC2(CC1)CN(C)C2. The van der Waals surface area contributed by atoms with E-state index in [1.807, 2.05) is 0 Å². The van der Waals surface area contributed by atoms with Crippen molar-refractivity contribution in [3.8, 4) is 0 Å². The van der Waals surface area contributed by atoms with E-state index in [2.05, 4.69) is 48.0 Å². The molecule has 92 valence electrons. The van der Waals surface area contributed by atoms with E-state index < -0.39 is 0 Å². The lowest BCUT2D eigenvalue weighted by Crippen LogP contribution is -2.58. The molecule has 2 saturated heterocycles. The molecule has 3 rings (SSSR count). The number of aryl methyl sites for hydroxylation is 1. The van der Waals surface area contributed by atoms with Gasteiger partial charge in [0.25, 0.3) is 0 Å². The normalized spacial score (nSPS) is 23.8. The maximum atomic E-state index is 2.57. The van der Waals surface area contributed by atoms with Crippen molar-refractivity contribution in [2.75, 3.05) is 38.1 Å². The third kappa shape index (κ3) is 1.95. The Labute approximate surface area is 104 Å². The molecule has 0 aromatic heterocycles. The smallest absolute Gasteiger partial charge is 0.0395 e. The van der Waals surface area contributed by atoms with E-state index in [1.54, 1.807) is 0 Å². The fourth-order valence-electron chi connectivity index (χ4n) is 3.56. The van der Waals surface area contributed by atoms with Crippen LogP contribution in [-0.2, 0) is 0 Å². The summed E-state index contributed by atoms with van der Waals surface area (Å²) in [5.41, 5.74) is 3.51. The van der Waals surface area contributed by atoms with Crippen molar-refractivity contribution in [1.29, 1.82) is 0 Å². The summed E-state index contributed by atoms with van der Waals surface area (Å²) in [6.45, 7) is 7.32. The average Bonchev–Trinajstić information content (AvgIpc) is 2.29. The average molecular weight is 230 g/mol. The van der Waals surface area contributed by atoms with Crippen LogP contribution in [0.4, 0.5) is 5.69 Å². The van der Waals surface area contributed by atoms with E-state index in [0.717, 1.165) is 0 Å². The summed E-state index contributed by atoms with van der Waals surface area (Å²) in [4.78, 5) is 5.02. The third-order valence-electron chi connectivity index (χ3n) is 4.49. The van der Waals surface area contributed by atoms with Crippen molar-refractivity contribution in [3.63, 3.8) is 0 Å². The Kier molecular flexibility index (Phi) is 2.62. The Morgan fingerprint density at radius 3 is 2.29 bits per heavy atom. The van der Waals surface area contributed by atoms with Crippen LogP contribution in [0.1, 0.15) is 18.4 Å². The zero-order valence-electron chi connectivity index (χ0n) is 10.9. The molecule has 2 nitrogen and oxygen atoms in total. The highest BCUT2D eigenvalue weighted by molar-refractivity contribution is 5.53. The van der Waals surface area contributed by atoms with Crippen LogP contribution in [0.15, 0.2) is 24.3 Å². The topological polar surface area (TPSA) is 6.48 Å². The predicted octanol–water partition coefficient (Wildman–Crippen LogP) is 2.53. The number of piperidine rings is 1. The van der Waals surface area contributed by atoms with Crippen LogP contribution >= 0.6 is 0 Å². The zero-order valence-corrected chi connectivity index (χ0v) is 10.9. The molecule has 2 fully saturated rings. The van der Waals surface area contributed by atoms with Crippen molar-refractivity contribution in [3.05, 3.63) is 29.8 Å². The molecule has 0 saturated carbocycles. The number of benzene rings is 1. The second kappa shape index (κ2) is 4.02. The van der Waals surface area contributed by atoms with Gasteiger partial charge in [-0.2, -0.15) is 0 Å². The van der Waals surface area contributed by atoms with Crippen LogP contribution in [0.3, 0.4) is 0 Å². The van der Waals surface area contributed by atoms with Gasteiger partial charge in [-0.25, -0.2) is 0 Å². The molecule has 0 bridgehead atoms. The monoisotopic (exact) mass is 230 g/mol. The van der Waals surface area contributed by atoms with Crippen LogP contribution in [0.25, 0.3) is 0 Å². The number of hydrogen-bond acceptors (Lipinski definition) is 2. The second-order valence-electron chi connectivity index (χ2n) is 5.95. The summed E-state index contributed by atoms with van der Waals surface area (Å²) >= 11 is 0. The van der Waals surface area contributed by atoms with Crippen molar-refractivity contribution in [2.45, 2.75) is 19.8 Å². The van der Waals surface area contributed by atoms with Crippen molar-refractivity contribution in [1.82, 2.24) is 4.90 Å². The molecule has 1 spiro atoms. The molecule has 17 heavy (non-hydrogen) atoms. The first-order valence-corrected chi connectivity index (χ1v) is 6.68. The lowest BCUT2D eigenvalue weighted by Gasteiger charge is -2.53. The number of rotatable bonds is 1. The van der Waals surface area contributed by atoms with E-state index in [0.29, 0.717) is 5.41 Å². The fourth-order valence-corrected chi connectivity index (χ4v) is 3.56. The molecule has 1 aromatic rings. The number of anilines is 1. The van der Waals surface area contributed by atoms with Gasteiger partial charge in [-0.1, -0.05) is 18.2 Å². The zero-order chi connectivity index (χ0) is 11.9. The summed E-state index contributed by atoms with van der Waals surface area (Å²) in [5, 5.41) is 0. The van der Waals surface area contributed by atoms with Crippen molar-refractivity contribution < 1.29 is 0 Å². The lowest BCUT2D eigenvalue weighted by molar-refractivity contribution is 0.00130. The first-order chi connectivity index (χ1) is 8.19. The standard InChI is InChI=1S/C15H22N2/c1-13-5-3-4-6-14(13)17-9-7-15(8-10-17)11-16(2)12-15/h3-6H,7-12H2,1-2H3. The molecule has 0 amide bonds. The summed E-state index contributed by atoms with van der Waals surface area (Å²) < 4.78 is 0. The fraction of sp³-hybridized carbons (Fsp3) is 0.600. The Morgan fingerprint density at radius 1 is 1.06 bits per heavy atom. The van der Waals surface area contributed by atoms with Gasteiger partial charge in [0.15, 0.2) is 0 Å². The minimum Gasteiger partial charge on any atom is -0.371 e. The Morgan fingerprint density at radius 2 is 1.71 bits per heavy atom. The molecule has 0 radical (unpaired) electrons. The van der Waals surface area contributed by atoms with Gasteiger partial charge in [-0.05, 0) is 43.9 Å². The molecule has 2 aliphatic rings. The summed E-state index contributed by atoms with van der Waals surface area (Å²) in [6.07, 6.45) is 2.73. The second-order valence-corrected chi connectivity index (χ2v) is 5.95. The van der Waals surface area contributed by atoms with Crippen LogP contribution in [0.2, 0.25) is 0 Å². The van der Waals surface area contributed by atoms with Gasteiger partial charge < -0.3 is 9.80 Å². The minimum absolute atomic E-state index is 0.661. The van der Waals surface area contributed by atoms with Crippen LogP contribution < -0.4 is 4.90 Å². The third-order valence-corrected chi connectivity index (χ3v) is 4.49.